The highest BCUT2D eigenvalue weighted by Crippen LogP contribution is 2.42. The maximum absolute atomic E-state index is 14.7. The van der Waals surface area contributed by atoms with Crippen molar-refractivity contribution in [2.75, 3.05) is 77.6 Å². The molecule has 0 aliphatic carbocycles. The minimum absolute atomic E-state index is 0.0299. The summed E-state index contributed by atoms with van der Waals surface area (Å²) in [6.07, 6.45) is -2.58. The van der Waals surface area contributed by atoms with Crippen molar-refractivity contribution >= 4 is 134 Å². The van der Waals surface area contributed by atoms with Crippen LogP contribution in [0, 0.1) is 0 Å². The van der Waals surface area contributed by atoms with Gasteiger partial charge >= 0.3 is 24.1 Å². The molecule has 2 aromatic rings. The highest BCUT2D eigenvalue weighted by molar-refractivity contribution is 6.74. The molecule has 4 rings (SSSR count). The van der Waals surface area contributed by atoms with Crippen LogP contribution in [0.15, 0.2) is 24.3 Å². The minimum atomic E-state index is -2.30. The van der Waals surface area contributed by atoms with E-state index in [0.717, 1.165) is 0 Å². The molecule has 2 aromatic carbocycles. The Kier molecular flexibility index (Phi) is 23.9. The number of methoxy groups -OCH3 is 2. The molecule has 444 valence electrons. The molecule has 0 radical (unpaired) electrons. The summed E-state index contributed by atoms with van der Waals surface area (Å²) in [5.74, 6) is -1.71. The van der Waals surface area contributed by atoms with Gasteiger partial charge in [0.1, 0.15) is 25.4 Å². The largest absolute Gasteiger partial charge is 0.493 e. The number of rotatable bonds is 22. The summed E-state index contributed by atoms with van der Waals surface area (Å²) in [5, 5.41) is 4.86. The Morgan fingerprint density at radius 3 is 1.20 bits per heavy atom. The summed E-state index contributed by atoms with van der Waals surface area (Å²) < 4.78 is 54.4. The maximum Gasteiger partial charge on any atom is 0.411 e. The fourth-order valence-corrected chi connectivity index (χ4v) is 10.2. The number of hydrogen-bond acceptors (Lipinski definition) is 16. The van der Waals surface area contributed by atoms with Crippen molar-refractivity contribution in [3.05, 3.63) is 35.4 Å². The van der Waals surface area contributed by atoms with Gasteiger partial charge in [-0.05, 0) is 48.4 Å². The first-order valence-corrected chi connectivity index (χ1v) is 33.4. The SMILES string of the molecule is COc1cc(C(=O)N2C[C@H](OC(C)=O)C[C@H]2CO[Si](C)(C)C(C)(C)C)c(NC(=O)OCC(Cl)(Cl)Cl)cc1OCCCOc1cc(NC(=O)OCC(Cl)(Cl)Cl)c(C(=O)N2C[C@H](OC(C)=O)C[C@H]2CO[Si](C)(C)C(C)(C)C)cc1OC. The van der Waals surface area contributed by atoms with Crippen LogP contribution >= 0.6 is 69.6 Å². The predicted molar refractivity (Wildman–Crippen MR) is 308 cm³/mol. The Bertz CT molecular complexity index is 2340. The lowest BCUT2D eigenvalue weighted by atomic mass is 10.1. The lowest BCUT2D eigenvalue weighted by Crippen LogP contribution is -2.46. The molecule has 20 nitrogen and oxygen atoms in total. The van der Waals surface area contributed by atoms with Crippen molar-refractivity contribution in [2.45, 2.75) is 143 Å². The molecule has 2 aliphatic heterocycles. The molecule has 2 heterocycles. The van der Waals surface area contributed by atoms with Crippen LogP contribution in [0.4, 0.5) is 21.0 Å². The molecule has 2 saturated heterocycles. The first-order chi connectivity index (χ1) is 36.3. The Morgan fingerprint density at radius 1 is 0.570 bits per heavy atom. The number of nitrogens with zero attached hydrogens (tertiary/aromatic N) is 2. The summed E-state index contributed by atoms with van der Waals surface area (Å²) in [4.78, 5) is 83.0. The van der Waals surface area contributed by atoms with Crippen LogP contribution in [0.25, 0.3) is 0 Å². The van der Waals surface area contributed by atoms with Crippen LogP contribution < -0.4 is 29.6 Å². The highest BCUT2D eigenvalue weighted by atomic mass is 35.6. The molecule has 0 saturated carbocycles. The normalized spacial score (nSPS) is 18.1. The number of halogens is 6. The average molecular weight is 1270 g/mol. The third kappa shape index (κ3) is 20.2. The number of carbonyl (C=O) groups is 6. The number of alkyl halides is 6. The van der Waals surface area contributed by atoms with Gasteiger partial charge < -0.3 is 56.5 Å². The first kappa shape index (κ1) is 67.7. The van der Waals surface area contributed by atoms with E-state index in [1.807, 2.05) is 0 Å². The van der Waals surface area contributed by atoms with Crippen molar-refractivity contribution in [1.82, 2.24) is 9.80 Å². The second kappa shape index (κ2) is 28.0. The Labute approximate surface area is 494 Å². The number of esters is 2. The fourth-order valence-electron chi connectivity index (χ4n) is 7.79. The van der Waals surface area contributed by atoms with Gasteiger partial charge in [0.15, 0.2) is 39.6 Å². The van der Waals surface area contributed by atoms with Crippen molar-refractivity contribution in [1.29, 1.82) is 0 Å². The zero-order valence-electron chi connectivity index (χ0n) is 47.1. The lowest BCUT2D eigenvalue weighted by molar-refractivity contribution is -0.146. The van der Waals surface area contributed by atoms with Crippen LogP contribution in [0.1, 0.15) is 95.4 Å². The van der Waals surface area contributed by atoms with Gasteiger partial charge in [0.05, 0.1) is 88.3 Å². The highest BCUT2D eigenvalue weighted by Gasteiger charge is 2.45. The molecule has 0 bridgehead atoms. The Morgan fingerprint density at radius 2 is 0.911 bits per heavy atom. The molecule has 0 aromatic heterocycles. The van der Waals surface area contributed by atoms with E-state index in [1.54, 1.807) is 0 Å². The monoisotopic (exact) mass is 1260 g/mol. The minimum Gasteiger partial charge on any atom is -0.493 e. The fraction of sp³-hybridized carbons (Fsp3) is 0.647. The van der Waals surface area contributed by atoms with Crippen molar-refractivity contribution in [3.8, 4) is 23.0 Å². The van der Waals surface area contributed by atoms with Gasteiger partial charge in [-0.15, -0.1) is 0 Å². The average Bonchev–Trinajstić information content (AvgIpc) is 3.96. The van der Waals surface area contributed by atoms with E-state index in [-0.39, 0.29) is 102 Å². The second-order valence-corrected chi connectivity index (χ2v) is 36.7. The molecule has 79 heavy (non-hydrogen) atoms. The van der Waals surface area contributed by atoms with Gasteiger partial charge in [-0.1, -0.05) is 111 Å². The van der Waals surface area contributed by atoms with Crippen LogP contribution in [0.2, 0.25) is 36.3 Å². The van der Waals surface area contributed by atoms with Gasteiger partial charge in [0.25, 0.3) is 11.8 Å². The lowest BCUT2D eigenvalue weighted by Gasteiger charge is -2.38. The molecular formula is C51H74Cl6N4O16Si2. The van der Waals surface area contributed by atoms with Gasteiger partial charge in [-0.3, -0.25) is 29.8 Å². The summed E-state index contributed by atoms with van der Waals surface area (Å²) in [6.45, 7) is 22.6. The number of amides is 4. The van der Waals surface area contributed by atoms with E-state index in [2.05, 4.69) is 78.4 Å². The van der Waals surface area contributed by atoms with Crippen molar-refractivity contribution in [2.24, 2.45) is 0 Å². The van der Waals surface area contributed by atoms with Gasteiger partial charge in [-0.25, -0.2) is 9.59 Å². The van der Waals surface area contributed by atoms with E-state index < -0.39 is 97.7 Å². The smallest absolute Gasteiger partial charge is 0.411 e. The van der Waals surface area contributed by atoms with Crippen LogP contribution in [-0.4, -0.2) is 161 Å². The quantitative estimate of drug-likeness (QED) is 0.0367. The number of nitrogens with one attached hydrogen (secondary N) is 2. The number of benzene rings is 2. The van der Waals surface area contributed by atoms with Crippen molar-refractivity contribution < 1.29 is 75.5 Å². The summed E-state index contributed by atoms with van der Waals surface area (Å²) in [5.41, 5.74) is -0.165. The molecule has 28 heteroatoms. The molecule has 2 fully saturated rings. The first-order valence-electron chi connectivity index (χ1n) is 25.3. The number of anilines is 2. The number of ether oxygens (including phenoxy) is 8. The second-order valence-electron chi connectivity index (χ2n) is 22.1. The molecular weight excluding hydrogens is 1190 g/mol. The summed E-state index contributed by atoms with van der Waals surface area (Å²) in [6, 6.07) is 4.51. The van der Waals surface area contributed by atoms with E-state index in [1.165, 1.54) is 62.1 Å². The Balaban J connectivity index is 1.64. The number of carbonyl (C=O) groups excluding carboxylic acids is 6. The topological polar surface area (TPSA) is 225 Å². The van der Waals surface area contributed by atoms with Gasteiger partial charge in [0, 0.05) is 45.2 Å². The van der Waals surface area contributed by atoms with E-state index >= 15 is 0 Å². The van der Waals surface area contributed by atoms with E-state index in [4.69, 9.17) is 116 Å². The summed E-state index contributed by atoms with van der Waals surface area (Å²) in [7, 11) is -1.86. The molecule has 2 N–H and O–H groups in total. The van der Waals surface area contributed by atoms with Crippen LogP contribution in [-0.2, 0) is 37.4 Å². The number of hydrogen-bond donors (Lipinski definition) is 2. The maximum atomic E-state index is 14.7. The van der Waals surface area contributed by atoms with Gasteiger partial charge in [-0.2, -0.15) is 0 Å². The third-order valence-electron chi connectivity index (χ3n) is 13.9. The van der Waals surface area contributed by atoms with Crippen LogP contribution in [0.5, 0.6) is 23.0 Å². The summed E-state index contributed by atoms with van der Waals surface area (Å²) >= 11 is 35.2. The van der Waals surface area contributed by atoms with Crippen molar-refractivity contribution in [3.63, 3.8) is 0 Å². The third-order valence-corrected chi connectivity index (χ3v) is 23.6. The van der Waals surface area contributed by atoms with E-state index in [0.29, 0.717) is 12.8 Å². The molecule has 4 amide bonds. The molecule has 0 unspecified atom stereocenters. The predicted octanol–water partition coefficient (Wildman–Crippen LogP) is 11.7. The molecule has 0 spiro atoms. The molecule has 4 atom stereocenters. The van der Waals surface area contributed by atoms with Gasteiger partial charge in [0.2, 0.25) is 7.59 Å². The zero-order chi connectivity index (χ0) is 59.6. The standard InChI is InChI=1S/C51H74Cl6N4O16Si2/c1-30(62)76-34-18-32(26-74-78(11,12)48(3,4)5)60(24-34)44(64)36-20-40(68-9)42(22-38(36)58-46(66)72-28-50(52,53)54)70-16-15-17-71-43-23-39(59-47(67)73-29-51(55,56)57)37(21-41(43)69-10)45(65)61-25-35(77-31(2)63)19-33(61)27-75-79(13,14)49(6,7)8/h20-23,32-35H,15-19,24-29H2,1-14H3,(H,58,66)(H,59,67)/t32-,33-,34+,35+/m0/s1. The van der Waals surface area contributed by atoms with Crippen LogP contribution in [0.3, 0.4) is 0 Å². The number of likely N-dealkylation sites (tertiary alicyclic amines) is 2. The molecule has 2 aliphatic rings. The zero-order valence-corrected chi connectivity index (χ0v) is 53.6. The Hall–Kier alpha value is -3.85. The van der Waals surface area contributed by atoms with E-state index in [9.17, 15) is 28.8 Å².